The summed E-state index contributed by atoms with van der Waals surface area (Å²) in [6, 6.07) is 19.3. The molecule has 1 N–H and O–H groups in total. The van der Waals surface area contributed by atoms with Gasteiger partial charge in [-0.1, -0.05) is 42.5 Å². The van der Waals surface area contributed by atoms with Crippen molar-refractivity contribution in [3.63, 3.8) is 0 Å². The molecule has 1 saturated heterocycles. The standard InChI is InChI=1S/C22H26N2O/c25-22(21-12-6-8-17-7-4-5-11-20(17)21)24-15-13-19(14-16-24)23-18-9-2-1-3-10-18/h1-5,7,9-11,19,21,23H,6,8,12-16H2. The molecule has 3 heteroatoms. The van der Waals surface area contributed by atoms with Crippen LogP contribution in [-0.4, -0.2) is 29.9 Å². The van der Waals surface area contributed by atoms with Crippen LogP contribution in [0.25, 0.3) is 0 Å². The Bertz CT molecular complexity index is 720. The molecule has 1 heterocycles. The Morgan fingerprint density at radius 1 is 0.920 bits per heavy atom. The first kappa shape index (κ1) is 16.2. The SMILES string of the molecule is O=C(C1CCCc2ccccc21)N1CCC(Nc2ccccc2)CC1. The highest BCUT2D eigenvalue weighted by molar-refractivity contribution is 5.84. The van der Waals surface area contributed by atoms with E-state index in [1.807, 2.05) is 6.07 Å². The van der Waals surface area contributed by atoms with E-state index >= 15 is 0 Å². The zero-order valence-corrected chi connectivity index (χ0v) is 14.7. The minimum atomic E-state index is 0.0728. The van der Waals surface area contributed by atoms with Gasteiger partial charge in [0.1, 0.15) is 0 Å². The van der Waals surface area contributed by atoms with Gasteiger partial charge >= 0.3 is 0 Å². The summed E-state index contributed by atoms with van der Waals surface area (Å²) in [5.41, 5.74) is 3.81. The molecule has 3 nitrogen and oxygen atoms in total. The Morgan fingerprint density at radius 3 is 2.44 bits per heavy atom. The molecule has 1 aliphatic heterocycles. The summed E-state index contributed by atoms with van der Waals surface area (Å²) in [5.74, 6) is 0.411. The van der Waals surface area contributed by atoms with Crippen LogP contribution >= 0.6 is 0 Å². The Hall–Kier alpha value is -2.29. The van der Waals surface area contributed by atoms with Crippen LogP contribution in [0.3, 0.4) is 0 Å². The number of hydrogen-bond donors (Lipinski definition) is 1. The van der Waals surface area contributed by atoms with E-state index in [4.69, 9.17) is 0 Å². The van der Waals surface area contributed by atoms with Crippen molar-refractivity contribution < 1.29 is 4.79 Å². The van der Waals surface area contributed by atoms with Gasteiger partial charge in [-0.05, 0) is 55.4 Å². The fraction of sp³-hybridized carbons (Fsp3) is 0.409. The Morgan fingerprint density at radius 2 is 1.64 bits per heavy atom. The summed E-state index contributed by atoms with van der Waals surface area (Å²) in [6.07, 6.45) is 5.28. The zero-order chi connectivity index (χ0) is 17.1. The van der Waals surface area contributed by atoms with E-state index in [0.717, 1.165) is 45.2 Å². The normalized spacial score (nSPS) is 20.8. The number of rotatable bonds is 3. The Labute approximate surface area is 150 Å². The van der Waals surface area contributed by atoms with Gasteiger partial charge in [0.2, 0.25) is 5.91 Å². The number of carbonyl (C=O) groups excluding carboxylic acids is 1. The highest BCUT2D eigenvalue weighted by atomic mass is 16.2. The maximum Gasteiger partial charge on any atom is 0.230 e. The predicted octanol–water partition coefficient (Wildman–Crippen LogP) is 4.21. The number of benzene rings is 2. The summed E-state index contributed by atoms with van der Waals surface area (Å²) >= 11 is 0. The number of piperidine rings is 1. The van der Waals surface area contributed by atoms with Gasteiger partial charge in [-0.25, -0.2) is 0 Å². The van der Waals surface area contributed by atoms with Gasteiger partial charge in [-0.3, -0.25) is 4.79 Å². The van der Waals surface area contributed by atoms with Crippen LogP contribution in [0, 0.1) is 0 Å². The van der Waals surface area contributed by atoms with Gasteiger partial charge in [0.15, 0.2) is 0 Å². The summed E-state index contributed by atoms with van der Waals surface area (Å²) in [5, 5.41) is 3.60. The monoisotopic (exact) mass is 334 g/mol. The van der Waals surface area contributed by atoms with Crippen LogP contribution in [0.4, 0.5) is 5.69 Å². The van der Waals surface area contributed by atoms with Gasteiger partial charge in [0.25, 0.3) is 0 Å². The number of para-hydroxylation sites is 1. The highest BCUT2D eigenvalue weighted by Gasteiger charge is 2.31. The van der Waals surface area contributed by atoms with Crippen LogP contribution in [-0.2, 0) is 11.2 Å². The number of amides is 1. The van der Waals surface area contributed by atoms with Crippen molar-refractivity contribution in [2.24, 2.45) is 0 Å². The van der Waals surface area contributed by atoms with E-state index < -0.39 is 0 Å². The lowest BCUT2D eigenvalue weighted by Crippen LogP contribution is -2.44. The molecule has 1 fully saturated rings. The van der Waals surface area contributed by atoms with Crippen LogP contribution in [0.1, 0.15) is 42.7 Å². The van der Waals surface area contributed by atoms with Crippen molar-refractivity contribution in [2.45, 2.75) is 44.1 Å². The molecular weight excluding hydrogens is 308 g/mol. The quantitative estimate of drug-likeness (QED) is 0.912. The van der Waals surface area contributed by atoms with Gasteiger partial charge in [0, 0.05) is 24.8 Å². The number of likely N-dealkylation sites (tertiary alicyclic amines) is 1. The summed E-state index contributed by atoms with van der Waals surface area (Å²) in [6.45, 7) is 1.73. The third-order valence-corrected chi connectivity index (χ3v) is 5.62. The number of carbonyl (C=O) groups is 1. The minimum absolute atomic E-state index is 0.0728. The maximum atomic E-state index is 13.1. The minimum Gasteiger partial charge on any atom is -0.382 e. The van der Waals surface area contributed by atoms with E-state index in [1.54, 1.807) is 0 Å². The van der Waals surface area contributed by atoms with Crippen molar-refractivity contribution in [1.29, 1.82) is 0 Å². The fourth-order valence-corrected chi connectivity index (χ4v) is 4.25. The molecule has 0 aromatic heterocycles. The van der Waals surface area contributed by atoms with E-state index in [-0.39, 0.29) is 5.92 Å². The van der Waals surface area contributed by atoms with E-state index in [2.05, 4.69) is 58.7 Å². The summed E-state index contributed by atoms with van der Waals surface area (Å²) in [4.78, 5) is 15.2. The second-order valence-electron chi connectivity index (χ2n) is 7.25. The van der Waals surface area contributed by atoms with Crippen molar-refractivity contribution in [3.8, 4) is 0 Å². The zero-order valence-electron chi connectivity index (χ0n) is 14.7. The Kier molecular flexibility index (Phi) is 4.73. The van der Waals surface area contributed by atoms with Crippen LogP contribution < -0.4 is 5.32 Å². The average Bonchev–Trinajstić information content (AvgIpc) is 2.68. The molecule has 1 atom stereocenters. The first-order valence-electron chi connectivity index (χ1n) is 9.49. The number of fused-ring (bicyclic) bond motifs is 1. The number of hydrogen-bond acceptors (Lipinski definition) is 2. The topological polar surface area (TPSA) is 32.3 Å². The van der Waals surface area contributed by atoms with E-state index in [0.29, 0.717) is 11.9 Å². The number of anilines is 1. The van der Waals surface area contributed by atoms with Gasteiger partial charge in [0.05, 0.1) is 5.92 Å². The predicted molar refractivity (Wildman–Crippen MR) is 102 cm³/mol. The van der Waals surface area contributed by atoms with Crippen LogP contribution in [0.2, 0.25) is 0 Å². The fourth-order valence-electron chi connectivity index (χ4n) is 4.25. The third kappa shape index (κ3) is 3.55. The van der Waals surface area contributed by atoms with Crippen molar-refractivity contribution in [1.82, 2.24) is 4.90 Å². The van der Waals surface area contributed by atoms with E-state index in [9.17, 15) is 4.79 Å². The number of nitrogens with one attached hydrogen (secondary N) is 1. The van der Waals surface area contributed by atoms with Gasteiger partial charge < -0.3 is 10.2 Å². The molecule has 1 unspecified atom stereocenters. The molecule has 0 radical (unpaired) electrons. The Balaban J connectivity index is 1.37. The van der Waals surface area contributed by atoms with Crippen LogP contribution in [0.5, 0.6) is 0 Å². The lowest BCUT2D eigenvalue weighted by Gasteiger charge is -2.36. The first-order chi connectivity index (χ1) is 12.3. The maximum absolute atomic E-state index is 13.1. The highest BCUT2D eigenvalue weighted by Crippen LogP contribution is 2.33. The average molecular weight is 334 g/mol. The van der Waals surface area contributed by atoms with Crippen molar-refractivity contribution in [2.75, 3.05) is 18.4 Å². The molecule has 25 heavy (non-hydrogen) atoms. The second-order valence-corrected chi connectivity index (χ2v) is 7.25. The summed E-state index contributed by atoms with van der Waals surface area (Å²) < 4.78 is 0. The smallest absolute Gasteiger partial charge is 0.230 e. The molecule has 2 aromatic rings. The summed E-state index contributed by atoms with van der Waals surface area (Å²) in [7, 11) is 0. The van der Waals surface area contributed by atoms with E-state index in [1.165, 1.54) is 16.8 Å². The molecule has 0 saturated carbocycles. The van der Waals surface area contributed by atoms with Crippen molar-refractivity contribution >= 4 is 11.6 Å². The molecule has 130 valence electrons. The van der Waals surface area contributed by atoms with Crippen molar-refractivity contribution in [3.05, 3.63) is 65.7 Å². The molecular formula is C22H26N2O. The number of nitrogens with zero attached hydrogens (tertiary/aromatic N) is 1. The molecule has 1 aliphatic carbocycles. The van der Waals surface area contributed by atoms with Gasteiger partial charge in [-0.2, -0.15) is 0 Å². The molecule has 2 aromatic carbocycles. The molecule has 0 spiro atoms. The molecule has 0 bridgehead atoms. The molecule has 1 amide bonds. The lowest BCUT2D eigenvalue weighted by molar-refractivity contribution is -0.134. The van der Waals surface area contributed by atoms with Crippen LogP contribution in [0.15, 0.2) is 54.6 Å². The molecule has 2 aliphatic rings. The number of aryl methyl sites for hydroxylation is 1. The second kappa shape index (κ2) is 7.30. The molecule has 4 rings (SSSR count). The van der Waals surface area contributed by atoms with Gasteiger partial charge in [-0.15, -0.1) is 0 Å². The first-order valence-corrected chi connectivity index (χ1v) is 9.49. The lowest BCUT2D eigenvalue weighted by atomic mass is 9.82. The third-order valence-electron chi connectivity index (χ3n) is 5.62. The largest absolute Gasteiger partial charge is 0.382 e.